The third kappa shape index (κ3) is 7.37. The third-order valence-electron chi connectivity index (χ3n) is 4.06. The van der Waals surface area contributed by atoms with Crippen molar-refractivity contribution in [1.82, 2.24) is 4.90 Å². The van der Waals surface area contributed by atoms with Gasteiger partial charge in [0.15, 0.2) is 0 Å². The molecular formula is C21H30ClNO2. The van der Waals surface area contributed by atoms with E-state index >= 15 is 0 Å². The Morgan fingerprint density at radius 1 is 0.720 bits per heavy atom. The minimum atomic E-state index is 0. The zero-order chi connectivity index (χ0) is 17.2. The highest BCUT2D eigenvalue weighted by atomic mass is 35.5. The lowest BCUT2D eigenvalue weighted by molar-refractivity contribution is 0.176. The van der Waals surface area contributed by atoms with Crippen LogP contribution in [0, 0.1) is 13.8 Å². The number of para-hydroxylation sites is 2. The zero-order valence-electron chi connectivity index (χ0n) is 15.5. The number of aryl methyl sites for hydroxylation is 2. The Labute approximate surface area is 158 Å². The Morgan fingerprint density at radius 2 is 1.16 bits per heavy atom. The van der Waals surface area contributed by atoms with Crippen LogP contribution in [-0.2, 0) is 0 Å². The van der Waals surface area contributed by atoms with Gasteiger partial charge in [-0.05, 0) is 50.1 Å². The second-order valence-corrected chi connectivity index (χ2v) is 6.07. The van der Waals surface area contributed by atoms with Gasteiger partial charge in [0.05, 0.1) is 0 Å². The van der Waals surface area contributed by atoms with Crippen molar-refractivity contribution in [3.63, 3.8) is 0 Å². The highest BCUT2D eigenvalue weighted by Crippen LogP contribution is 2.17. The molecule has 0 aromatic heterocycles. The first-order valence-corrected chi connectivity index (χ1v) is 8.80. The van der Waals surface area contributed by atoms with Gasteiger partial charge in [0.1, 0.15) is 24.7 Å². The van der Waals surface area contributed by atoms with E-state index in [1.54, 1.807) is 0 Å². The van der Waals surface area contributed by atoms with Crippen molar-refractivity contribution in [2.75, 3.05) is 32.8 Å². The normalized spacial score (nSPS) is 10.4. The summed E-state index contributed by atoms with van der Waals surface area (Å²) in [7, 11) is 0. The van der Waals surface area contributed by atoms with Gasteiger partial charge in [0.2, 0.25) is 0 Å². The molecule has 0 unspecified atom stereocenters. The third-order valence-corrected chi connectivity index (χ3v) is 4.06. The van der Waals surface area contributed by atoms with Crippen molar-refractivity contribution < 1.29 is 9.47 Å². The van der Waals surface area contributed by atoms with Crippen LogP contribution in [0.2, 0.25) is 0 Å². The van der Waals surface area contributed by atoms with Crippen molar-refractivity contribution in [2.45, 2.75) is 27.2 Å². The lowest BCUT2D eigenvalue weighted by atomic mass is 10.2. The molecule has 0 saturated heterocycles. The molecule has 0 amide bonds. The Balaban J connectivity index is 0.00000312. The van der Waals surface area contributed by atoms with Crippen molar-refractivity contribution in [1.29, 1.82) is 0 Å². The van der Waals surface area contributed by atoms with Crippen molar-refractivity contribution in [3.05, 3.63) is 59.7 Å². The average molecular weight is 364 g/mol. The molecule has 3 nitrogen and oxygen atoms in total. The number of hydrogen-bond acceptors (Lipinski definition) is 3. The lowest BCUT2D eigenvalue weighted by Gasteiger charge is -2.22. The summed E-state index contributed by atoms with van der Waals surface area (Å²) in [6.07, 6.45) is 1.13. The second-order valence-electron chi connectivity index (χ2n) is 6.07. The van der Waals surface area contributed by atoms with Crippen LogP contribution in [0.15, 0.2) is 48.5 Å². The fraction of sp³-hybridized carbons (Fsp3) is 0.429. The molecule has 0 saturated carbocycles. The summed E-state index contributed by atoms with van der Waals surface area (Å²) in [6.45, 7) is 10.7. The Bertz CT molecular complexity index is 567. The molecule has 0 radical (unpaired) electrons. The fourth-order valence-corrected chi connectivity index (χ4v) is 2.66. The van der Waals surface area contributed by atoms with E-state index in [4.69, 9.17) is 9.47 Å². The molecule has 25 heavy (non-hydrogen) atoms. The summed E-state index contributed by atoms with van der Waals surface area (Å²) in [5.41, 5.74) is 2.37. The smallest absolute Gasteiger partial charge is 0.122 e. The molecule has 2 rings (SSSR count). The zero-order valence-corrected chi connectivity index (χ0v) is 16.3. The van der Waals surface area contributed by atoms with Crippen molar-refractivity contribution >= 4 is 12.4 Å². The molecule has 0 heterocycles. The van der Waals surface area contributed by atoms with Crippen LogP contribution >= 0.6 is 12.4 Å². The first-order valence-electron chi connectivity index (χ1n) is 8.80. The number of nitrogens with zero attached hydrogens (tertiary/aromatic N) is 1. The lowest BCUT2D eigenvalue weighted by Crippen LogP contribution is -2.33. The molecule has 0 fully saturated rings. The van der Waals surface area contributed by atoms with Gasteiger partial charge >= 0.3 is 0 Å². The van der Waals surface area contributed by atoms with Gasteiger partial charge < -0.3 is 9.47 Å². The molecule has 0 bridgehead atoms. The second kappa shape index (κ2) is 11.8. The highest BCUT2D eigenvalue weighted by molar-refractivity contribution is 5.85. The summed E-state index contributed by atoms with van der Waals surface area (Å²) in [4.78, 5) is 2.40. The Hall–Kier alpha value is -1.71. The van der Waals surface area contributed by atoms with E-state index in [-0.39, 0.29) is 12.4 Å². The van der Waals surface area contributed by atoms with E-state index in [1.165, 1.54) is 11.1 Å². The maximum atomic E-state index is 5.91. The minimum Gasteiger partial charge on any atom is -0.492 e. The van der Waals surface area contributed by atoms with E-state index in [9.17, 15) is 0 Å². The summed E-state index contributed by atoms with van der Waals surface area (Å²) in [6, 6.07) is 16.3. The molecule has 4 heteroatoms. The van der Waals surface area contributed by atoms with Crippen LogP contribution in [0.5, 0.6) is 11.5 Å². The predicted molar refractivity (Wildman–Crippen MR) is 107 cm³/mol. The van der Waals surface area contributed by atoms with Crippen LogP contribution < -0.4 is 9.47 Å². The Kier molecular flexibility index (Phi) is 10.0. The van der Waals surface area contributed by atoms with E-state index in [0.717, 1.165) is 37.6 Å². The van der Waals surface area contributed by atoms with Crippen molar-refractivity contribution in [3.8, 4) is 11.5 Å². The number of hydrogen-bond donors (Lipinski definition) is 0. The molecular weight excluding hydrogens is 334 g/mol. The summed E-state index contributed by atoms with van der Waals surface area (Å²) in [5.74, 6) is 1.95. The van der Waals surface area contributed by atoms with E-state index in [0.29, 0.717) is 13.2 Å². The topological polar surface area (TPSA) is 21.7 Å². The Morgan fingerprint density at radius 3 is 1.56 bits per heavy atom. The largest absolute Gasteiger partial charge is 0.492 e. The molecule has 0 atom stereocenters. The highest BCUT2D eigenvalue weighted by Gasteiger charge is 2.06. The van der Waals surface area contributed by atoms with Gasteiger partial charge in [0, 0.05) is 13.1 Å². The summed E-state index contributed by atoms with van der Waals surface area (Å²) >= 11 is 0. The fourth-order valence-electron chi connectivity index (χ4n) is 2.66. The van der Waals surface area contributed by atoms with Gasteiger partial charge in [-0.2, -0.15) is 0 Å². The van der Waals surface area contributed by atoms with Crippen LogP contribution in [0.1, 0.15) is 24.5 Å². The van der Waals surface area contributed by atoms with E-state index in [1.807, 2.05) is 36.4 Å². The average Bonchev–Trinajstić information content (AvgIpc) is 2.58. The number of benzene rings is 2. The van der Waals surface area contributed by atoms with Gasteiger partial charge in [-0.25, -0.2) is 0 Å². The van der Waals surface area contributed by atoms with Gasteiger partial charge in [-0.3, -0.25) is 4.90 Å². The summed E-state index contributed by atoms with van der Waals surface area (Å²) < 4.78 is 11.8. The quantitative estimate of drug-likeness (QED) is 0.599. The molecule has 0 N–H and O–H groups in total. The first-order chi connectivity index (χ1) is 11.7. The van der Waals surface area contributed by atoms with Crippen LogP contribution in [-0.4, -0.2) is 37.7 Å². The van der Waals surface area contributed by atoms with Crippen LogP contribution in [0.4, 0.5) is 0 Å². The first kappa shape index (κ1) is 21.3. The van der Waals surface area contributed by atoms with Gasteiger partial charge in [-0.1, -0.05) is 43.3 Å². The SMILES string of the molecule is CCCN(CCOc1ccccc1C)CCOc1ccccc1C.Cl. The molecule has 0 aliphatic carbocycles. The molecule has 0 aliphatic heterocycles. The van der Waals surface area contributed by atoms with Crippen molar-refractivity contribution in [2.24, 2.45) is 0 Å². The van der Waals surface area contributed by atoms with Gasteiger partial charge in [0.25, 0.3) is 0 Å². The standard InChI is InChI=1S/C21H29NO2.ClH/c1-4-13-22(14-16-23-20-11-7-5-9-18(20)2)15-17-24-21-12-8-6-10-19(21)3;/h5-12H,4,13-17H2,1-3H3;1H. The maximum Gasteiger partial charge on any atom is 0.122 e. The van der Waals surface area contributed by atoms with Crippen LogP contribution in [0.25, 0.3) is 0 Å². The summed E-state index contributed by atoms with van der Waals surface area (Å²) in [5, 5.41) is 0. The number of rotatable bonds is 10. The van der Waals surface area contributed by atoms with Gasteiger partial charge in [-0.15, -0.1) is 12.4 Å². The number of ether oxygens (including phenoxy) is 2. The molecule has 2 aromatic carbocycles. The molecule has 0 spiro atoms. The predicted octanol–water partition coefficient (Wildman–Crippen LogP) is 4.90. The van der Waals surface area contributed by atoms with E-state index in [2.05, 4.69) is 37.8 Å². The maximum absolute atomic E-state index is 5.91. The molecule has 2 aromatic rings. The molecule has 0 aliphatic rings. The molecule has 138 valence electrons. The van der Waals surface area contributed by atoms with E-state index < -0.39 is 0 Å². The monoisotopic (exact) mass is 363 g/mol. The van der Waals surface area contributed by atoms with Crippen LogP contribution in [0.3, 0.4) is 0 Å². The minimum absolute atomic E-state index is 0. The number of halogens is 1.